The van der Waals surface area contributed by atoms with Crippen LogP contribution in [0.1, 0.15) is 37.8 Å². The Morgan fingerprint density at radius 2 is 1.52 bits per heavy atom. The summed E-state index contributed by atoms with van der Waals surface area (Å²) in [7, 11) is 0. The molecule has 1 aliphatic heterocycles. The minimum absolute atomic E-state index is 0.106. The monoisotopic (exact) mass is 344 g/mol. The van der Waals surface area contributed by atoms with E-state index in [0.717, 1.165) is 43.7 Å². The number of hydrogen-bond acceptors (Lipinski definition) is 2. The zero-order valence-corrected chi connectivity index (χ0v) is 14.7. The third kappa shape index (κ3) is 4.79. The Bertz CT molecular complexity index is 647. The van der Waals surface area contributed by atoms with Crippen LogP contribution in [0, 0.1) is 17.6 Å². The molecule has 0 amide bonds. The quantitative estimate of drug-likeness (QED) is 0.771. The second kappa shape index (κ2) is 8.43. The molecule has 2 aromatic rings. The van der Waals surface area contributed by atoms with Crippen molar-refractivity contribution in [2.45, 2.75) is 32.2 Å². The Balaban J connectivity index is 1.77. The van der Waals surface area contributed by atoms with E-state index >= 15 is 0 Å². The minimum Gasteiger partial charge on any atom is -0.378 e. The summed E-state index contributed by atoms with van der Waals surface area (Å²) in [6, 6.07) is 13.3. The molecule has 0 aliphatic carbocycles. The van der Waals surface area contributed by atoms with Gasteiger partial charge in [-0.25, -0.2) is 8.78 Å². The average molecular weight is 344 g/mol. The van der Waals surface area contributed by atoms with E-state index in [1.807, 2.05) is 12.1 Å². The third-order valence-corrected chi connectivity index (χ3v) is 5.04. The van der Waals surface area contributed by atoms with E-state index in [1.54, 1.807) is 12.1 Å². The van der Waals surface area contributed by atoms with Crippen LogP contribution >= 0.6 is 0 Å². The number of anilines is 1. The molecule has 0 saturated carbocycles. The summed E-state index contributed by atoms with van der Waals surface area (Å²) >= 11 is 0. The molecule has 1 heterocycles. The number of nitrogens with one attached hydrogen (secondary N) is 1. The van der Waals surface area contributed by atoms with Crippen molar-refractivity contribution in [2.75, 3.05) is 25.0 Å². The first-order valence-electron chi connectivity index (χ1n) is 9.15. The molecule has 1 fully saturated rings. The van der Waals surface area contributed by atoms with Gasteiger partial charge in [0, 0.05) is 5.69 Å². The molecule has 2 nitrogen and oxygen atoms in total. The molecule has 2 aromatic carbocycles. The third-order valence-electron chi connectivity index (χ3n) is 5.04. The second-order valence-corrected chi connectivity index (χ2v) is 6.86. The highest BCUT2D eigenvalue weighted by Crippen LogP contribution is 2.34. The zero-order valence-electron chi connectivity index (χ0n) is 14.7. The zero-order chi connectivity index (χ0) is 17.6. The van der Waals surface area contributed by atoms with Crippen LogP contribution in [-0.4, -0.2) is 24.5 Å². The maximum absolute atomic E-state index is 13.3. The van der Waals surface area contributed by atoms with Crippen LogP contribution in [-0.2, 0) is 0 Å². The molecule has 0 aromatic heterocycles. The van der Waals surface area contributed by atoms with Gasteiger partial charge in [-0.3, -0.25) is 0 Å². The standard InChI is InChI=1S/C21H26F2N2/c1-2-13-25-14-11-17(12-15-25)21(16-3-5-18(22)6-4-16)24-20-9-7-19(23)8-10-20/h3-10,17,21,24H,2,11-15H2,1H3. The number of benzene rings is 2. The van der Waals surface area contributed by atoms with Crippen molar-refractivity contribution in [3.63, 3.8) is 0 Å². The molecule has 1 saturated heterocycles. The Hall–Kier alpha value is -1.94. The Morgan fingerprint density at radius 1 is 0.960 bits per heavy atom. The van der Waals surface area contributed by atoms with E-state index in [1.165, 1.54) is 30.7 Å². The fourth-order valence-electron chi connectivity index (χ4n) is 3.70. The van der Waals surface area contributed by atoms with Gasteiger partial charge in [-0.15, -0.1) is 0 Å². The Kier molecular flexibility index (Phi) is 6.03. The molecule has 1 aliphatic rings. The predicted molar refractivity (Wildman–Crippen MR) is 98.6 cm³/mol. The maximum atomic E-state index is 13.3. The van der Waals surface area contributed by atoms with Crippen LogP contribution in [0.4, 0.5) is 14.5 Å². The lowest BCUT2D eigenvalue weighted by Gasteiger charge is -2.37. The van der Waals surface area contributed by atoms with Crippen LogP contribution in [0.3, 0.4) is 0 Å². The summed E-state index contributed by atoms with van der Waals surface area (Å²) in [5.74, 6) is 0.0161. The van der Waals surface area contributed by atoms with Crippen molar-refractivity contribution in [2.24, 2.45) is 5.92 Å². The van der Waals surface area contributed by atoms with E-state index < -0.39 is 0 Å². The topological polar surface area (TPSA) is 15.3 Å². The molecule has 0 bridgehead atoms. The fraction of sp³-hybridized carbons (Fsp3) is 0.429. The predicted octanol–water partition coefficient (Wildman–Crippen LogP) is 5.24. The van der Waals surface area contributed by atoms with Gasteiger partial charge >= 0.3 is 0 Å². The van der Waals surface area contributed by atoms with Crippen molar-refractivity contribution in [3.05, 3.63) is 65.7 Å². The van der Waals surface area contributed by atoms with Gasteiger partial charge < -0.3 is 10.2 Å². The van der Waals surface area contributed by atoms with Gasteiger partial charge in [-0.1, -0.05) is 19.1 Å². The van der Waals surface area contributed by atoms with Gasteiger partial charge in [-0.2, -0.15) is 0 Å². The van der Waals surface area contributed by atoms with Gasteiger partial charge in [0.15, 0.2) is 0 Å². The Labute approximate surface area is 148 Å². The molecule has 3 rings (SSSR count). The summed E-state index contributed by atoms with van der Waals surface area (Å²) in [5, 5.41) is 3.55. The highest BCUT2D eigenvalue weighted by molar-refractivity contribution is 5.45. The van der Waals surface area contributed by atoms with Crippen LogP contribution in [0.5, 0.6) is 0 Å². The van der Waals surface area contributed by atoms with Crippen LogP contribution in [0.15, 0.2) is 48.5 Å². The van der Waals surface area contributed by atoms with E-state index in [2.05, 4.69) is 17.1 Å². The first-order chi connectivity index (χ1) is 12.2. The van der Waals surface area contributed by atoms with Gasteiger partial charge in [0.1, 0.15) is 11.6 Å². The van der Waals surface area contributed by atoms with Gasteiger partial charge in [0.25, 0.3) is 0 Å². The van der Waals surface area contributed by atoms with Crippen LogP contribution in [0.2, 0.25) is 0 Å². The van der Waals surface area contributed by atoms with Crippen molar-refractivity contribution < 1.29 is 8.78 Å². The van der Waals surface area contributed by atoms with E-state index in [4.69, 9.17) is 0 Å². The summed E-state index contributed by atoms with van der Waals surface area (Å²) in [6.07, 6.45) is 3.40. The van der Waals surface area contributed by atoms with Crippen molar-refractivity contribution in [3.8, 4) is 0 Å². The van der Waals surface area contributed by atoms with Crippen molar-refractivity contribution >= 4 is 5.69 Å². The molecule has 4 heteroatoms. The number of hydrogen-bond donors (Lipinski definition) is 1. The summed E-state index contributed by atoms with van der Waals surface area (Å²) in [6.45, 7) is 5.56. The Morgan fingerprint density at radius 3 is 2.08 bits per heavy atom. The molecular formula is C21H26F2N2. The summed E-state index contributed by atoms with van der Waals surface area (Å²) in [4.78, 5) is 2.51. The fourth-order valence-corrected chi connectivity index (χ4v) is 3.70. The lowest BCUT2D eigenvalue weighted by molar-refractivity contribution is 0.173. The van der Waals surface area contributed by atoms with Crippen molar-refractivity contribution in [1.29, 1.82) is 0 Å². The highest BCUT2D eigenvalue weighted by atomic mass is 19.1. The molecule has 134 valence electrons. The van der Waals surface area contributed by atoms with Gasteiger partial charge in [0.2, 0.25) is 0 Å². The van der Waals surface area contributed by atoms with Crippen LogP contribution < -0.4 is 5.32 Å². The summed E-state index contributed by atoms with van der Waals surface area (Å²) < 4.78 is 26.5. The second-order valence-electron chi connectivity index (χ2n) is 6.86. The van der Waals surface area contributed by atoms with Crippen molar-refractivity contribution in [1.82, 2.24) is 4.90 Å². The number of nitrogens with zero attached hydrogens (tertiary/aromatic N) is 1. The molecule has 25 heavy (non-hydrogen) atoms. The number of halogens is 2. The number of rotatable bonds is 6. The SMILES string of the molecule is CCCN1CCC(C(Nc2ccc(F)cc2)c2ccc(F)cc2)CC1. The number of piperidine rings is 1. The smallest absolute Gasteiger partial charge is 0.123 e. The maximum Gasteiger partial charge on any atom is 0.123 e. The average Bonchev–Trinajstić information content (AvgIpc) is 2.63. The molecule has 1 atom stereocenters. The highest BCUT2D eigenvalue weighted by Gasteiger charge is 2.27. The normalized spacial score (nSPS) is 17.4. The molecule has 0 spiro atoms. The van der Waals surface area contributed by atoms with E-state index in [-0.39, 0.29) is 17.7 Å². The largest absolute Gasteiger partial charge is 0.378 e. The molecule has 1 unspecified atom stereocenters. The van der Waals surface area contributed by atoms with E-state index in [0.29, 0.717) is 5.92 Å². The molecule has 0 radical (unpaired) electrons. The first-order valence-corrected chi connectivity index (χ1v) is 9.15. The van der Waals surface area contributed by atoms with Gasteiger partial charge in [-0.05, 0) is 86.8 Å². The first kappa shape index (κ1) is 17.9. The van der Waals surface area contributed by atoms with E-state index in [9.17, 15) is 8.78 Å². The molecule has 1 N–H and O–H groups in total. The lowest BCUT2D eigenvalue weighted by atomic mass is 9.85. The number of likely N-dealkylation sites (tertiary alicyclic amines) is 1. The minimum atomic E-state index is -0.239. The van der Waals surface area contributed by atoms with Crippen LogP contribution in [0.25, 0.3) is 0 Å². The molecular weight excluding hydrogens is 318 g/mol. The summed E-state index contributed by atoms with van der Waals surface area (Å²) in [5.41, 5.74) is 1.98. The lowest BCUT2D eigenvalue weighted by Crippen LogP contribution is -2.37. The van der Waals surface area contributed by atoms with Gasteiger partial charge in [0.05, 0.1) is 6.04 Å².